The lowest BCUT2D eigenvalue weighted by atomic mass is 10.2. The van der Waals surface area contributed by atoms with Gasteiger partial charge >= 0.3 is 6.09 Å². The molecule has 0 bridgehead atoms. The number of pyridine rings is 1. The van der Waals surface area contributed by atoms with Crippen molar-refractivity contribution >= 4 is 11.8 Å². The zero-order chi connectivity index (χ0) is 14.8. The molecule has 1 fully saturated rings. The van der Waals surface area contributed by atoms with Gasteiger partial charge in [-0.2, -0.15) is 0 Å². The third-order valence-electron chi connectivity index (χ3n) is 3.26. The van der Waals surface area contributed by atoms with Crippen LogP contribution in [0.5, 0.6) is 0 Å². The van der Waals surface area contributed by atoms with Gasteiger partial charge in [0.15, 0.2) is 0 Å². The molecule has 0 aromatic carbocycles. The van der Waals surface area contributed by atoms with E-state index in [9.17, 15) is 4.79 Å². The van der Waals surface area contributed by atoms with E-state index in [1.54, 1.807) is 4.90 Å². The van der Waals surface area contributed by atoms with Gasteiger partial charge in [0.05, 0.1) is 0 Å². The van der Waals surface area contributed by atoms with Gasteiger partial charge in [-0.3, -0.25) is 4.98 Å². The molecule has 1 aromatic heterocycles. The van der Waals surface area contributed by atoms with Crippen LogP contribution in [0.15, 0.2) is 18.5 Å². The smallest absolute Gasteiger partial charge is 0.410 e. The molecule has 110 valence electrons. The number of carbonyl (C=O) groups excluding carboxylic acids is 1. The lowest BCUT2D eigenvalue weighted by Crippen LogP contribution is -2.50. The first kappa shape index (κ1) is 14.6. The molecule has 2 rings (SSSR count). The fourth-order valence-electron chi connectivity index (χ4n) is 2.28. The average Bonchev–Trinajstić information content (AvgIpc) is 2.37. The summed E-state index contributed by atoms with van der Waals surface area (Å²) >= 11 is 0. The number of hydrogen-bond acceptors (Lipinski definition) is 4. The fraction of sp³-hybridized carbons (Fsp3) is 0.600. The Bertz CT molecular complexity index is 474. The highest BCUT2D eigenvalue weighted by Crippen LogP contribution is 2.20. The van der Waals surface area contributed by atoms with Crippen molar-refractivity contribution in [2.75, 3.05) is 31.1 Å². The summed E-state index contributed by atoms with van der Waals surface area (Å²) in [6.07, 6.45) is 3.46. The van der Waals surface area contributed by atoms with Crippen LogP contribution in [-0.4, -0.2) is 47.8 Å². The standard InChI is InChI=1S/C15H23N3O2/c1-12-11-16-6-5-13(12)17-7-9-18(10-8-17)14(19)20-15(2,3)4/h5-6,11H,7-10H2,1-4H3. The van der Waals surface area contributed by atoms with E-state index < -0.39 is 5.60 Å². The van der Waals surface area contributed by atoms with Crippen molar-refractivity contribution in [1.82, 2.24) is 9.88 Å². The van der Waals surface area contributed by atoms with Gasteiger partial charge in [-0.25, -0.2) is 4.79 Å². The maximum absolute atomic E-state index is 12.0. The number of nitrogens with zero attached hydrogens (tertiary/aromatic N) is 3. The Kier molecular flexibility index (Phi) is 4.16. The lowest BCUT2D eigenvalue weighted by molar-refractivity contribution is 0.0240. The molecule has 1 aliphatic rings. The second-order valence-electron chi connectivity index (χ2n) is 6.12. The normalized spacial score (nSPS) is 16.2. The van der Waals surface area contributed by atoms with Crippen LogP contribution in [0.4, 0.5) is 10.5 Å². The molecule has 0 aliphatic carbocycles. The summed E-state index contributed by atoms with van der Waals surface area (Å²) < 4.78 is 5.40. The van der Waals surface area contributed by atoms with Gasteiger partial charge in [0.2, 0.25) is 0 Å². The molecule has 1 amide bonds. The molecule has 0 atom stereocenters. The topological polar surface area (TPSA) is 45.7 Å². The number of aromatic nitrogens is 1. The number of piperazine rings is 1. The first-order valence-electron chi connectivity index (χ1n) is 7.00. The highest BCUT2D eigenvalue weighted by molar-refractivity contribution is 5.68. The van der Waals surface area contributed by atoms with Gasteiger partial charge in [-0.05, 0) is 39.3 Å². The van der Waals surface area contributed by atoms with Gasteiger partial charge in [-0.15, -0.1) is 0 Å². The minimum absolute atomic E-state index is 0.219. The summed E-state index contributed by atoms with van der Waals surface area (Å²) in [7, 11) is 0. The van der Waals surface area contributed by atoms with Crippen LogP contribution >= 0.6 is 0 Å². The van der Waals surface area contributed by atoms with E-state index in [2.05, 4.69) is 16.8 Å². The van der Waals surface area contributed by atoms with Gasteiger partial charge < -0.3 is 14.5 Å². The Labute approximate surface area is 120 Å². The molecule has 5 nitrogen and oxygen atoms in total. The first-order valence-corrected chi connectivity index (χ1v) is 7.00. The van der Waals surface area contributed by atoms with Crippen LogP contribution in [0, 0.1) is 6.92 Å². The molecule has 1 saturated heterocycles. The fourth-order valence-corrected chi connectivity index (χ4v) is 2.28. The number of rotatable bonds is 1. The number of ether oxygens (including phenoxy) is 1. The van der Waals surface area contributed by atoms with E-state index in [-0.39, 0.29) is 6.09 Å². The van der Waals surface area contributed by atoms with Crippen LogP contribution in [0.25, 0.3) is 0 Å². The van der Waals surface area contributed by atoms with E-state index in [4.69, 9.17) is 4.74 Å². The van der Waals surface area contributed by atoms with Crippen LogP contribution in [0.1, 0.15) is 26.3 Å². The van der Waals surface area contributed by atoms with Crippen molar-refractivity contribution < 1.29 is 9.53 Å². The average molecular weight is 277 g/mol. The monoisotopic (exact) mass is 277 g/mol. The highest BCUT2D eigenvalue weighted by atomic mass is 16.6. The van der Waals surface area contributed by atoms with Gasteiger partial charge in [0.1, 0.15) is 5.60 Å². The van der Waals surface area contributed by atoms with Crippen LogP contribution in [-0.2, 0) is 4.74 Å². The summed E-state index contributed by atoms with van der Waals surface area (Å²) in [5, 5.41) is 0. The maximum Gasteiger partial charge on any atom is 0.410 e. The van der Waals surface area contributed by atoms with Gasteiger partial charge in [-0.1, -0.05) is 0 Å². The maximum atomic E-state index is 12.0. The van der Waals surface area contributed by atoms with Crippen molar-refractivity contribution in [1.29, 1.82) is 0 Å². The molecule has 20 heavy (non-hydrogen) atoms. The Morgan fingerprint density at radius 3 is 2.45 bits per heavy atom. The van der Waals surface area contributed by atoms with Crippen LogP contribution < -0.4 is 4.90 Å². The number of aryl methyl sites for hydroxylation is 1. The molecule has 5 heteroatoms. The minimum atomic E-state index is -0.435. The Hall–Kier alpha value is -1.78. The lowest BCUT2D eigenvalue weighted by Gasteiger charge is -2.37. The Balaban J connectivity index is 1.93. The first-order chi connectivity index (χ1) is 9.37. The number of carbonyl (C=O) groups is 1. The molecule has 0 N–H and O–H groups in total. The third-order valence-corrected chi connectivity index (χ3v) is 3.26. The quantitative estimate of drug-likeness (QED) is 0.791. The van der Waals surface area contributed by atoms with E-state index in [1.807, 2.05) is 39.2 Å². The predicted octanol–water partition coefficient (Wildman–Crippen LogP) is 2.45. The van der Waals surface area contributed by atoms with Gasteiger partial charge in [0, 0.05) is 44.3 Å². The highest BCUT2D eigenvalue weighted by Gasteiger charge is 2.26. The second-order valence-corrected chi connectivity index (χ2v) is 6.12. The third kappa shape index (κ3) is 3.62. The molecule has 2 heterocycles. The van der Waals surface area contributed by atoms with Crippen molar-refractivity contribution in [2.45, 2.75) is 33.3 Å². The molecule has 1 aliphatic heterocycles. The van der Waals surface area contributed by atoms with Crippen LogP contribution in [0.3, 0.4) is 0 Å². The van der Waals surface area contributed by atoms with Crippen molar-refractivity contribution in [3.05, 3.63) is 24.0 Å². The summed E-state index contributed by atoms with van der Waals surface area (Å²) in [4.78, 5) is 20.2. The molecule has 0 saturated carbocycles. The molecule has 0 spiro atoms. The second kappa shape index (κ2) is 5.69. The van der Waals surface area contributed by atoms with E-state index in [0.29, 0.717) is 13.1 Å². The largest absolute Gasteiger partial charge is 0.444 e. The number of hydrogen-bond donors (Lipinski definition) is 0. The zero-order valence-corrected chi connectivity index (χ0v) is 12.7. The van der Waals surface area contributed by atoms with E-state index in [0.717, 1.165) is 13.1 Å². The van der Waals surface area contributed by atoms with Crippen molar-refractivity contribution in [3.63, 3.8) is 0 Å². The van der Waals surface area contributed by atoms with Crippen molar-refractivity contribution in [3.8, 4) is 0 Å². The zero-order valence-electron chi connectivity index (χ0n) is 12.7. The van der Waals surface area contributed by atoms with Crippen LogP contribution in [0.2, 0.25) is 0 Å². The molecule has 0 unspecified atom stereocenters. The van der Waals surface area contributed by atoms with E-state index >= 15 is 0 Å². The molecule has 1 aromatic rings. The predicted molar refractivity (Wildman–Crippen MR) is 79.0 cm³/mol. The minimum Gasteiger partial charge on any atom is -0.444 e. The summed E-state index contributed by atoms with van der Waals surface area (Å²) in [5.74, 6) is 0. The Morgan fingerprint density at radius 1 is 1.25 bits per heavy atom. The molecule has 0 radical (unpaired) electrons. The number of anilines is 1. The molecular formula is C15H23N3O2. The summed E-state index contributed by atoms with van der Waals surface area (Å²) in [6.45, 7) is 10.8. The van der Waals surface area contributed by atoms with E-state index in [1.165, 1.54) is 11.3 Å². The summed E-state index contributed by atoms with van der Waals surface area (Å²) in [6, 6.07) is 2.03. The molecular weight excluding hydrogens is 254 g/mol. The SMILES string of the molecule is Cc1cnccc1N1CCN(C(=O)OC(C)(C)C)CC1. The Morgan fingerprint density at radius 2 is 1.90 bits per heavy atom. The number of amides is 1. The van der Waals surface area contributed by atoms with Gasteiger partial charge in [0.25, 0.3) is 0 Å². The van der Waals surface area contributed by atoms with Crippen molar-refractivity contribution in [2.24, 2.45) is 0 Å². The summed E-state index contributed by atoms with van der Waals surface area (Å²) in [5.41, 5.74) is 1.93.